The van der Waals surface area contributed by atoms with E-state index in [2.05, 4.69) is 127 Å². The van der Waals surface area contributed by atoms with Crippen molar-refractivity contribution in [2.45, 2.75) is 26.2 Å². The molecular weight excluding hydrogens is 449 g/mol. The minimum atomic E-state index is 0.0493. The Morgan fingerprint density at radius 2 is 1.49 bits per heavy atom. The van der Waals surface area contributed by atoms with Gasteiger partial charge in [-0.3, -0.25) is 0 Å². The Kier molecular flexibility index (Phi) is 4.02. The molecule has 0 saturated carbocycles. The van der Waals surface area contributed by atoms with Gasteiger partial charge in [0.1, 0.15) is 5.65 Å². The number of fused-ring (bicyclic) bond motifs is 7. The second-order valence-corrected chi connectivity index (χ2v) is 11.3. The van der Waals surface area contributed by atoms with Crippen LogP contribution in [0.3, 0.4) is 0 Å². The number of nitrogens with zero attached hydrogens (tertiary/aromatic N) is 3. The average Bonchev–Trinajstić information content (AvgIpc) is 3.26. The van der Waals surface area contributed by atoms with Gasteiger partial charge >= 0.3 is 6.85 Å². The van der Waals surface area contributed by atoms with Crippen molar-refractivity contribution in [2.24, 2.45) is 0 Å². The summed E-state index contributed by atoms with van der Waals surface area (Å²) in [7, 11) is 0. The van der Waals surface area contributed by atoms with E-state index >= 15 is 0 Å². The zero-order valence-electron chi connectivity index (χ0n) is 21.2. The van der Waals surface area contributed by atoms with Crippen LogP contribution < -0.4 is 15.8 Å². The number of pyridine rings is 1. The van der Waals surface area contributed by atoms with Gasteiger partial charge in [-0.1, -0.05) is 81.4 Å². The molecule has 3 nitrogen and oxygen atoms in total. The minimum Gasteiger partial charge on any atom is -0.360 e. The van der Waals surface area contributed by atoms with Crippen LogP contribution in [0.1, 0.15) is 26.3 Å². The highest BCUT2D eigenvalue weighted by Gasteiger charge is 2.42. The van der Waals surface area contributed by atoms with Gasteiger partial charge in [-0.05, 0) is 63.9 Å². The lowest BCUT2D eigenvalue weighted by Crippen LogP contribution is -2.56. The molecular formula is C33H26BN3. The van der Waals surface area contributed by atoms with Gasteiger partial charge in [0, 0.05) is 45.1 Å². The summed E-state index contributed by atoms with van der Waals surface area (Å²) in [6.07, 6.45) is 1.93. The number of hydrogen-bond acceptors (Lipinski definition) is 2. The maximum absolute atomic E-state index is 4.95. The van der Waals surface area contributed by atoms with Crippen molar-refractivity contribution < 1.29 is 0 Å². The summed E-state index contributed by atoms with van der Waals surface area (Å²) in [5.41, 5.74) is 12.7. The lowest BCUT2D eigenvalue weighted by Gasteiger charge is -2.40. The molecule has 4 heteroatoms. The number of benzene rings is 4. The van der Waals surface area contributed by atoms with Gasteiger partial charge in [0.05, 0.1) is 0 Å². The second-order valence-electron chi connectivity index (χ2n) is 11.3. The smallest absolute Gasteiger partial charge is 0.334 e. The predicted octanol–water partition coefficient (Wildman–Crippen LogP) is 6.90. The van der Waals surface area contributed by atoms with Crippen molar-refractivity contribution in [3.63, 3.8) is 0 Å². The van der Waals surface area contributed by atoms with Gasteiger partial charge in [-0.25, -0.2) is 4.98 Å². The van der Waals surface area contributed by atoms with E-state index in [0.717, 1.165) is 5.65 Å². The van der Waals surface area contributed by atoms with Crippen LogP contribution in [0.5, 0.6) is 0 Å². The van der Waals surface area contributed by atoms with E-state index < -0.39 is 0 Å². The molecule has 2 aliphatic rings. The molecule has 6 aromatic rings. The van der Waals surface area contributed by atoms with Gasteiger partial charge in [0.15, 0.2) is 0 Å². The lowest BCUT2D eigenvalue weighted by molar-refractivity contribution is 0.590. The van der Waals surface area contributed by atoms with E-state index in [-0.39, 0.29) is 12.3 Å². The molecule has 2 aromatic heterocycles. The first kappa shape index (κ1) is 20.8. The summed E-state index contributed by atoms with van der Waals surface area (Å²) in [5, 5.41) is 2.49. The molecule has 37 heavy (non-hydrogen) atoms. The summed E-state index contributed by atoms with van der Waals surface area (Å²) in [6, 6.07) is 35.7. The van der Waals surface area contributed by atoms with Crippen LogP contribution in [-0.4, -0.2) is 16.3 Å². The van der Waals surface area contributed by atoms with Crippen LogP contribution >= 0.6 is 0 Å². The van der Waals surface area contributed by atoms with Gasteiger partial charge in [0.25, 0.3) is 0 Å². The fraction of sp³-hybridized carbons (Fsp3) is 0.121. The first-order valence-electron chi connectivity index (χ1n) is 13.0. The standard InChI is InChI=1S/C33H26BN3/c1-33(2,3)21-17-18-27-29(20-21)36(22-10-5-4-6-11-22)28-16-8-12-23-24-13-7-14-25-26-15-9-19-35-32(26)37(31(24)25)34(27)30(23)28/h4-20H,1-3H3. The summed E-state index contributed by atoms with van der Waals surface area (Å²) in [6.45, 7) is 6.93. The molecule has 0 bridgehead atoms. The molecule has 2 aliphatic heterocycles. The molecule has 0 unspecified atom stereocenters. The molecule has 0 saturated heterocycles. The number of aromatic nitrogens is 2. The molecule has 0 N–H and O–H groups in total. The molecule has 0 spiro atoms. The topological polar surface area (TPSA) is 21.1 Å². The molecule has 8 rings (SSSR count). The molecule has 0 aliphatic carbocycles. The van der Waals surface area contributed by atoms with E-state index in [1.165, 1.54) is 61.0 Å². The Morgan fingerprint density at radius 1 is 0.703 bits per heavy atom. The Balaban J connectivity index is 1.55. The maximum Gasteiger partial charge on any atom is 0.334 e. The summed E-state index contributed by atoms with van der Waals surface area (Å²) < 4.78 is 2.50. The van der Waals surface area contributed by atoms with E-state index in [1.54, 1.807) is 0 Å². The van der Waals surface area contributed by atoms with E-state index in [9.17, 15) is 0 Å². The van der Waals surface area contributed by atoms with Crippen LogP contribution in [0.4, 0.5) is 17.1 Å². The Hall–Kier alpha value is -4.31. The summed E-state index contributed by atoms with van der Waals surface area (Å²) in [5.74, 6) is 0. The minimum absolute atomic E-state index is 0.0493. The average molecular weight is 475 g/mol. The van der Waals surface area contributed by atoms with Crippen LogP contribution in [0.2, 0.25) is 0 Å². The number of hydrogen-bond donors (Lipinski definition) is 0. The van der Waals surface area contributed by atoms with Crippen LogP contribution in [0.15, 0.2) is 103 Å². The fourth-order valence-electron chi connectivity index (χ4n) is 6.51. The lowest BCUT2D eigenvalue weighted by atomic mass is 9.45. The fourth-order valence-corrected chi connectivity index (χ4v) is 6.51. The van der Waals surface area contributed by atoms with Crippen molar-refractivity contribution in [3.05, 3.63) is 109 Å². The summed E-state index contributed by atoms with van der Waals surface area (Å²) >= 11 is 0. The van der Waals surface area contributed by atoms with Crippen molar-refractivity contribution in [2.75, 3.05) is 4.90 Å². The van der Waals surface area contributed by atoms with Gasteiger partial charge in [-0.15, -0.1) is 0 Å². The molecule has 0 amide bonds. The Bertz CT molecular complexity index is 1880. The van der Waals surface area contributed by atoms with Crippen molar-refractivity contribution in [1.29, 1.82) is 0 Å². The maximum atomic E-state index is 4.95. The molecule has 4 aromatic carbocycles. The van der Waals surface area contributed by atoms with E-state index in [0.29, 0.717) is 0 Å². The predicted molar refractivity (Wildman–Crippen MR) is 156 cm³/mol. The third-order valence-corrected chi connectivity index (χ3v) is 8.17. The SMILES string of the molecule is CC(C)(C)c1ccc2c(c1)N(c1ccccc1)c1cccc3c1B2n1c2ncccc2c2cccc-3c21. The van der Waals surface area contributed by atoms with Crippen LogP contribution in [0.25, 0.3) is 33.1 Å². The van der Waals surface area contributed by atoms with Gasteiger partial charge in [0.2, 0.25) is 0 Å². The number of anilines is 3. The number of para-hydroxylation sites is 2. The Labute approximate surface area is 217 Å². The zero-order valence-corrected chi connectivity index (χ0v) is 21.2. The molecule has 176 valence electrons. The van der Waals surface area contributed by atoms with Crippen molar-refractivity contribution >= 4 is 56.8 Å². The Morgan fingerprint density at radius 3 is 2.32 bits per heavy atom. The molecule has 4 heterocycles. The molecule has 0 radical (unpaired) electrons. The molecule has 0 fully saturated rings. The third kappa shape index (κ3) is 2.70. The second kappa shape index (κ2) is 7.13. The first-order chi connectivity index (χ1) is 18.0. The van der Waals surface area contributed by atoms with Crippen molar-refractivity contribution in [3.8, 4) is 11.1 Å². The first-order valence-corrected chi connectivity index (χ1v) is 13.0. The van der Waals surface area contributed by atoms with E-state index in [1.807, 2.05) is 6.20 Å². The zero-order chi connectivity index (χ0) is 24.9. The van der Waals surface area contributed by atoms with Crippen LogP contribution in [-0.2, 0) is 5.41 Å². The highest BCUT2D eigenvalue weighted by atomic mass is 15.2. The largest absolute Gasteiger partial charge is 0.360 e. The number of rotatable bonds is 1. The van der Waals surface area contributed by atoms with Crippen LogP contribution in [0, 0.1) is 0 Å². The third-order valence-electron chi connectivity index (χ3n) is 8.17. The quantitative estimate of drug-likeness (QED) is 0.241. The van der Waals surface area contributed by atoms with Gasteiger partial charge in [-0.2, -0.15) is 0 Å². The highest BCUT2D eigenvalue weighted by molar-refractivity contribution is 6.90. The summed E-state index contributed by atoms with van der Waals surface area (Å²) in [4.78, 5) is 7.41. The monoisotopic (exact) mass is 475 g/mol. The van der Waals surface area contributed by atoms with Gasteiger partial charge < -0.3 is 9.38 Å². The van der Waals surface area contributed by atoms with E-state index in [4.69, 9.17) is 4.98 Å². The normalized spacial score (nSPS) is 13.7. The molecule has 0 atom stereocenters. The highest BCUT2D eigenvalue weighted by Crippen LogP contribution is 2.45. The van der Waals surface area contributed by atoms with Crippen molar-refractivity contribution in [1.82, 2.24) is 9.46 Å².